The van der Waals surface area contributed by atoms with Crippen molar-refractivity contribution in [3.05, 3.63) is 66.2 Å². The number of amides is 1. The second-order valence-electron chi connectivity index (χ2n) is 4.84. The molecule has 7 heteroatoms. The molecule has 0 atom stereocenters. The summed E-state index contributed by atoms with van der Waals surface area (Å²) in [7, 11) is 1.51. The van der Waals surface area contributed by atoms with Crippen LogP contribution in [0, 0.1) is 11.6 Å². The molecular weight excluding hydrogens is 318 g/mol. The maximum atomic E-state index is 13.7. The molecule has 1 heterocycles. The molecular formula is C17H12F2N2O3. The molecule has 0 bridgehead atoms. The molecule has 0 aliphatic rings. The number of anilines is 1. The van der Waals surface area contributed by atoms with Gasteiger partial charge in [-0.3, -0.25) is 4.79 Å². The van der Waals surface area contributed by atoms with Gasteiger partial charge < -0.3 is 14.5 Å². The number of halogens is 2. The molecule has 0 saturated heterocycles. The van der Waals surface area contributed by atoms with E-state index in [9.17, 15) is 13.6 Å². The van der Waals surface area contributed by atoms with Crippen molar-refractivity contribution < 1.29 is 22.7 Å². The van der Waals surface area contributed by atoms with Crippen LogP contribution in [0.25, 0.3) is 11.3 Å². The molecule has 1 N–H and O–H groups in total. The maximum absolute atomic E-state index is 13.7. The van der Waals surface area contributed by atoms with Gasteiger partial charge in [0.1, 0.15) is 17.4 Å². The van der Waals surface area contributed by atoms with E-state index in [1.54, 1.807) is 24.3 Å². The van der Waals surface area contributed by atoms with Gasteiger partial charge in [-0.2, -0.15) is 0 Å². The lowest BCUT2D eigenvalue weighted by atomic mass is 10.1. The van der Waals surface area contributed by atoms with E-state index in [4.69, 9.17) is 9.15 Å². The molecule has 1 aromatic heterocycles. The smallest absolute Gasteiger partial charge is 0.278 e. The Morgan fingerprint density at radius 1 is 1.21 bits per heavy atom. The Hall–Kier alpha value is -3.22. The van der Waals surface area contributed by atoms with E-state index in [-0.39, 0.29) is 17.1 Å². The largest absolute Gasteiger partial charge is 0.497 e. The molecule has 0 fully saturated rings. The highest BCUT2D eigenvalue weighted by Crippen LogP contribution is 2.27. The van der Waals surface area contributed by atoms with Gasteiger partial charge in [-0.15, -0.1) is 0 Å². The van der Waals surface area contributed by atoms with E-state index in [1.807, 2.05) is 0 Å². The fraction of sp³-hybridized carbons (Fsp3) is 0.0588. The van der Waals surface area contributed by atoms with Gasteiger partial charge in [-0.1, -0.05) is 12.1 Å². The topological polar surface area (TPSA) is 64.4 Å². The highest BCUT2D eigenvalue weighted by Gasteiger charge is 2.20. The Labute approximate surface area is 135 Å². The zero-order chi connectivity index (χ0) is 17.1. The monoisotopic (exact) mass is 330 g/mol. The van der Waals surface area contributed by atoms with Gasteiger partial charge in [-0.05, 0) is 24.3 Å². The Morgan fingerprint density at radius 2 is 2.04 bits per heavy atom. The molecule has 0 radical (unpaired) electrons. The van der Waals surface area contributed by atoms with Gasteiger partial charge in [0.25, 0.3) is 5.91 Å². The first-order chi connectivity index (χ1) is 11.6. The zero-order valence-corrected chi connectivity index (χ0v) is 12.5. The quantitative estimate of drug-likeness (QED) is 0.788. The van der Waals surface area contributed by atoms with Gasteiger partial charge >= 0.3 is 0 Å². The molecule has 0 spiro atoms. The number of rotatable bonds is 4. The minimum absolute atomic E-state index is 0.0492. The molecule has 3 aromatic rings. The van der Waals surface area contributed by atoms with Crippen molar-refractivity contribution in [1.29, 1.82) is 0 Å². The van der Waals surface area contributed by atoms with Crippen LogP contribution in [0.5, 0.6) is 5.75 Å². The fourth-order valence-corrected chi connectivity index (χ4v) is 2.15. The highest BCUT2D eigenvalue weighted by atomic mass is 19.1. The van der Waals surface area contributed by atoms with Crippen LogP contribution in [-0.2, 0) is 0 Å². The zero-order valence-electron chi connectivity index (χ0n) is 12.5. The van der Waals surface area contributed by atoms with Gasteiger partial charge in [-0.25, -0.2) is 13.8 Å². The molecule has 5 nitrogen and oxygen atoms in total. The van der Waals surface area contributed by atoms with Crippen LogP contribution in [0.15, 0.2) is 53.3 Å². The summed E-state index contributed by atoms with van der Waals surface area (Å²) in [4.78, 5) is 16.2. The third-order valence-electron chi connectivity index (χ3n) is 3.29. The summed E-state index contributed by atoms with van der Waals surface area (Å²) >= 11 is 0. The summed E-state index contributed by atoms with van der Waals surface area (Å²) in [6, 6.07) is 9.62. The first kappa shape index (κ1) is 15.7. The number of hydrogen-bond acceptors (Lipinski definition) is 4. The first-order valence-corrected chi connectivity index (χ1v) is 6.93. The third-order valence-corrected chi connectivity index (χ3v) is 3.29. The molecule has 0 saturated carbocycles. The second-order valence-corrected chi connectivity index (χ2v) is 4.84. The van der Waals surface area contributed by atoms with E-state index in [0.717, 1.165) is 24.6 Å². The van der Waals surface area contributed by atoms with Crippen molar-refractivity contribution in [2.75, 3.05) is 12.4 Å². The van der Waals surface area contributed by atoms with Gasteiger partial charge in [0, 0.05) is 11.6 Å². The molecule has 1 amide bonds. The van der Waals surface area contributed by atoms with Crippen molar-refractivity contribution in [3.63, 3.8) is 0 Å². The van der Waals surface area contributed by atoms with Gasteiger partial charge in [0.15, 0.2) is 17.8 Å². The normalized spacial score (nSPS) is 10.5. The van der Waals surface area contributed by atoms with Crippen molar-refractivity contribution >= 4 is 11.6 Å². The lowest BCUT2D eigenvalue weighted by molar-refractivity contribution is 0.102. The summed E-state index contributed by atoms with van der Waals surface area (Å²) < 4.78 is 37.2. The van der Waals surface area contributed by atoms with Crippen molar-refractivity contribution in [2.24, 2.45) is 0 Å². The molecule has 2 aromatic carbocycles. The molecule has 0 aliphatic heterocycles. The summed E-state index contributed by atoms with van der Waals surface area (Å²) in [5.74, 6) is -1.36. The SMILES string of the molecule is COc1cccc(-c2ocnc2C(=O)Nc2cc(F)ccc2F)c1. The first-order valence-electron chi connectivity index (χ1n) is 6.93. The van der Waals surface area contributed by atoms with Crippen molar-refractivity contribution in [3.8, 4) is 17.1 Å². The number of methoxy groups -OCH3 is 1. The number of aromatic nitrogens is 1. The van der Waals surface area contributed by atoms with Crippen LogP contribution in [0.1, 0.15) is 10.5 Å². The van der Waals surface area contributed by atoms with E-state index in [2.05, 4.69) is 10.3 Å². The number of oxazole rings is 1. The van der Waals surface area contributed by atoms with E-state index in [1.165, 1.54) is 7.11 Å². The number of carbonyl (C=O) groups excluding carboxylic acids is 1. The Morgan fingerprint density at radius 3 is 2.83 bits per heavy atom. The standard InChI is InChI=1S/C17H12F2N2O3/c1-23-12-4-2-3-10(7-12)16-15(20-9-24-16)17(22)21-14-8-11(18)5-6-13(14)19/h2-9H,1H3,(H,21,22). The van der Waals surface area contributed by atoms with E-state index in [0.29, 0.717) is 11.3 Å². The minimum atomic E-state index is -0.754. The number of ether oxygens (including phenoxy) is 1. The van der Waals surface area contributed by atoms with Crippen LogP contribution >= 0.6 is 0 Å². The number of carbonyl (C=O) groups is 1. The highest BCUT2D eigenvalue weighted by molar-refractivity contribution is 6.06. The lowest BCUT2D eigenvalue weighted by Gasteiger charge is -2.07. The van der Waals surface area contributed by atoms with Gasteiger partial charge in [0.05, 0.1) is 12.8 Å². The molecule has 0 unspecified atom stereocenters. The van der Waals surface area contributed by atoms with Crippen LogP contribution in [0.3, 0.4) is 0 Å². The minimum Gasteiger partial charge on any atom is -0.497 e. The summed E-state index contributed by atoms with van der Waals surface area (Å²) in [6.07, 6.45) is 1.10. The van der Waals surface area contributed by atoms with E-state index < -0.39 is 17.5 Å². The Kier molecular flexibility index (Phi) is 4.24. The number of nitrogens with one attached hydrogen (secondary N) is 1. The summed E-state index contributed by atoms with van der Waals surface area (Å²) in [5.41, 5.74) is 0.239. The fourth-order valence-electron chi connectivity index (χ4n) is 2.15. The van der Waals surface area contributed by atoms with Crippen molar-refractivity contribution in [1.82, 2.24) is 4.98 Å². The third kappa shape index (κ3) is 3.10. The van der Waals surface area contributed by atoms with Crippen LogP contribution in [0.4, 0.5) is 14.5 Å². The maximum Gasteiger partial charge on any atom is 0.278 e. The van der Waals surface area contributed by atoms with Gasteiger partial charge in [0.2, 0.25) is 0 Å². The Bertz CT molecular complexity index is 893. The number of hydrogen-bond donors (Lipinski definition) is 1. The molecule has 122 valence electrons. The number of benzene rings is 2. The average molecular weight is 330 g/mol. The Balaban J connectivity index is 1.92. The molecule has 24 heavy (non-hydrogen) atoms. The van der Waals surface area contributed by atoms with Crippen LogP contribution < -0.4 is 10.1 Å². The lowest BCUT2D eigenvalue weighted by Crippen LogP contribution is -2.14. The van der Waals surface area contributed by atoms with Crippen molar-refractivity contribution in [2.45, 2.75) is 0 Å². The summed E-state index contributed by atoms with van der Waals surface area (Å²) in [5, 5.41) is 2.28. The predicted octanol–water partition coefficient (Wildman–Crippen LogP) is 3.88. The van der Waals surface area contributed by atoms with Crippen LogP contribution in [-0.4, -0.2) is 18.0 Å². The van der Waals surface area contributed by atoms with Crippen LogP contribution in [0.2, 0.25) is 0 Å². The predicted molar refractivity (Wildman–Crippen MR) is 82.8 cm³/mol. The molecule has 3 rings (SSSR count). The van der Waals surface area contributed by atoms with E-state index >= 15 is 0 Å². The average Bonchev–Trinajstić information content (AvgIpc) is 3.08. The molecule has 0 aliphatic carbocycles. The second kappa shape index (κ2) is 6.49. The summed E-state index contributed by atoms with van der Waals surface area (Å²) in [6.45, 7) is 0. The number of nitrogens with zero attached hydrogens (tertiary/aromatic N) is 1.